The van der Waals surface area contributed by atoms with Crippen molar-refractivity contribution < 1.29 is 14.7 Å². The normalized spacial score (nSPS) is 40.1. The molecule has 2 aliphatic carbocycles. The van der Waals surface area contributed by atoms with E-state index in [-0.39, 0.29) is 23.5 Å². The molecule has 2 bridgehead atoms. The molecule has 3 nitrogen and oxygen atoms in total. The van der Waals surface area contributed by atoms with Crippen LogP contribution in [0.3, 0.4) is 0 Å². The summed E-state index contributed by atoms with van der Waals surface area (Å²) >= 11 is 0. The number of fused-ring (bicyclic) bond motifs is 2. The molecule has 0 amide bonds. The van der Waals surface area contributed by atoms with Crippen LogP contribution in [0.25, 0.3) is 0 Å². The predicted molar refractivity (Wildman–Crippen MR) is 50.7 cm³/mol. The Labute approximate surface area is 83.5 Å². The van der Waals surface area contributed by atoms with E-state index in [2.05, 4.69) is 0 Å². The van der Waals surface area contributed by atoms with E-state index in [1.54, 1.807) is 0 Å². The fraction of sp³-hybridized carbons (Fsp3) is 0.818. The molecule has 0 aromatic carbocycles. The monoisotopic (exact) mass is 196 g/mol. The van der Waals surface area contributed by atoms with Gasteiger partial charge in [0.15, 0.2) is 0 Å². The van der Waals surface area contributed by atoms with Gasteiger partial charge in [-0.15, -0.1) is 0 Å². The highest BCUT2D eigenvalue weighted by molar-refractivity contribution is 5.87. The molecule has 0 aromatic heterocycles. The smallest absolute Gasteiger partial charge is 0.307 e. The highest BCUT2D eigenvalue weighted by Gasteiger charge is 2.53. The number of hydrogen-bond acceptors (Lipinski definition) is 2. The zero-order valence-corrected chi connectivity index (χ0v) is 8.40. The van der Waals surface area contributed by atoms with Crippen molar-refractivity contribution in [2.45, 2.75) is 32.6 Å². The summed E-state index contributed by atoms with van der Waals surface area (Å²) in [6.07, 6.45) is 3.52. The van der Waals surface area contributed by atoms with Gasteiger partial charge in [-0.25, -0.2) is 0 Å². The van der Waals surface area contributed by atoms with Crippen molar-refractivity contribution in [3.05, 3.63) is 0 Å². The standard InChI is InChI=1S/C11H16O3/c1-2-8(12)9-6-3-4-7(5-6)10(9)11(13)14/h6-7,9-10H,2-5H2,1H3,(H,13,14)/t6-,7+,9+,10+/m0/s1. The molecule has 0 aromatic rings. The van der Waals surface area contributed by atoms with Crippen LogP contribution in [0.2, 0.25) is 0 Å². The number of ketones is 1. The van der Waals surface area contributed by atoms with Gasteiger partial charge >= 0.3 is 5.97 Å². The minimum atomic E-state index is -0.760. The first-order valence-electron chi connectivity index (χ1n) is 5.40. The lowest BCUT2D eigenvalue weighted by Gasteiger charge is -2.26. The number of Topliss-reactive ketones (excluding diaryl/α,β-unsaturated/α-hetero) is 1. The maximum absolute atomic E-state index is 11.7. The number of hydrogen-bond donors (Lipinski definition) is 1. The van der Waals surface area contributed by atoms with Gasteiger partial charge in [-0.05, 0) is 31.1 Å². The fourth-order valence-corrected chi connectivity index (χ4v) is 3.35. The molecule has 14 heavy (non-hydrogen) atoms. The van der Waals surface area contributed by atoms with Crippen LogP contribution in [0, 0.1) is 23.7 Å². The molecule has 78 valence electrons. The van der Waals surface area contributed by atoms with Gasteiger partial charge in [0.2, 0.25) is 0 Å². The third-order valence-corrected chi connectivity index (χ3v) is 3.92. The van der Waals surface area contributed by atoms with E-state index >= 15 is 0 Å². The van der Waals surface area contributed by atoms with Gasteiger partial charge in [-0.1, -0.05) is 6.92 Å². The number of aliphatic carboxylic acids is 1. The zero-order valence-electron chi connectivity index (χ0n) is 8.40. The zero-order chi connectivity index (χ0) is 10.3. The molecule has 0 heterocycles. The van der Waals surface area contributed by atoms with Crippen LogP contribution in [0.1, 0.15) is 32.6 Å². The van der Waals surface area contributed by atoms with Crippen molar-refractivity contribution in [2.75, 3.05) is 0 Å². The van der Waals surface area contributed by atoms with Gasteiger partial charge in [-0.2, -0.15) is 0 Å². The van der Waals surface area contributed by atoms with Crippen LogP contribution in [-0.2, 0) is 9.59 Å². The summed E-state index contributed by atoms with van der Waals surface area (Å²) in [5.41, 5.74) is 0. The number of carboxylic acids is 1. The van der Waals surface area contributed by atoms with E-state index in [1.165, 1.54) is 0 Å². The quantitative estimate of drug-likeness (QED) is 0.747. The molecule has 0 saturated heterocycles. The molecule has 2 rings (SSSR count). The number of carboxylic acid groups (broad SMARTS) is 1. The number of rotatable bonds is 3. The largest absolute Gasteiger partial charge is 0.481 e. The fourth-order valence-electron chi connectivity index (χ4n) is 3.35. The van der Waals surface area contributed by atoms with E-state index in [1.807, 2.05) is 6.92 Å². The van der Waals surface area contributed by atoms with Crippen LogP contribution in [0.5, 0.6) is 0 Å². The van der Waals surface area contributed by atoms with Crippen molar-refractivity contribution in [3.63, 3.8) is 0 Å². The summed E-state index contributed by atoms with van der Waals surface area (Å²) in [5, 5.41) is 9.10. The Balaban J connectivity index is 2.21. The van der Waals surface area contributed by atoms with E-state index in [0.29, 0.717) is 12.3 Å². The molecular weight excluding hydrogens is 180 g/mol. The number of carbonyl (C=O) groups is 2. The maximum Gasteiger partial charge on any atom is 0.307 e. The van der Waals surface area contributed by atoms with Crippen molar-refractivity contribution in [1.82, 2.24) is 0 Å². The predicted octanol–water partition coefficient (Wildman–Crippen LogP) is 1.71. The molecule has 4 atom stereocenters. The molecule has 1 N–H and O–H groups in total. The van der Waals surface area contributed by atoms with Crippen LogP contribution < -0.4 is 0 Å². The highest BCUT2D eigenvalue weighted by atomic mass is 16.4. The van der Waals surface area contributed by atoms with Gasteiger partial charge in [0, 0.05) is 12.3 Å². The van der Waals surface area contributed by atoms with Crippen molar-refractivity contribution in [3.8, 4) is 0 Å². The van der Waals surface area contributed by atoms with E-state index in [0.717, 1.165) is 19.3 Å². The second-order valence-corrected chi connectivity index (χ2v) is 4.54. The first-order chi connectivity index (χ1) is 6.65. The Bertz CT molecular complexity index is 272. The number of carbonyl (C=O) groups excluding carboxylic acids is 1. The SMILES string of the molecule is CCC(=O)[C@H]1[C@H]2CC[C@H](C2)[C@H]1C(=O)O. The van der Waals surface area contributed by atoms with E-state index in [4.69, 9.17) is 5.11 Å². The minimum Gasteiger partial charge on any atom is -0.481 e. The molecule has 2 saturated carbocycles. The summed E-state index contributed by atoms with van der Waals surface area (Å²) < 4.78 is 0. The first kappa shape index (κ1) is 9.69. The van der Waals surface area contributed by atoms with Crippen LogP contribution in [0.4, 0.5) is 0 Å². The summed E-state index contributed by atoms with van der Waals surface area (Å²) in [7, 11) is 0. The average Bonchev–Trinajstić information content (AvgIpc) is 2.74. The topological polar surface area (TPSA) is 54.4 Å². The van der Waals surface area contributed by atoms with Crippen molar-refractivity contribution in [2.24, 2.45) is 23.7 Å². The van der Waals surface area contributed by atoms with Gasteiger partial charge in [0.1, 0.15) is 5.78 Å². The lowest BCUT2D eigenvalue weighted by Crippen LogP contribution is -2.34. The lowest BCUT2D eigenvalue weighted by atomic mass is 9.76. The van der Waals surface area contributed by atoms with Crippen LogP contribution in [0.15, 0.2) is 0 Å². The van der Waals surface area contributed by atoms with Gasteiger partial charge < -0.3 is 5.11 Å². The molecule has 2 fully saturated rings. The summed E-state index contributed by atoms with van der Waals surface area (Å²) in [6.45, 7) is 1.83. The molecule has 0 spiro atoms. The average molecular weight is 196 g/mol. The van der Waals surface area contributed by atoms with Gasteiger partial charge in [0.05, 0.1) is 5.92 Å². The highest BCUT2D eigenvalue weighted by Crippen LogP contribution is 2.52. The molecular formula is C11H16O3. The second kappa shape index (κ2) is 3.37. The molecule has 2 aliphatic rings. The Morgan fingerprint density at radius 1 is 1.21 bits per heavy atom. The Kier molecular flexibility index (Phi) is 2.33. The van der Waals surface area contributed by atoms with Crippen molar-refractivity contribution in [1.29, 1.82) is 0 Å². The van der Waals surface area contributed by atoms with Crippen molar-refractivity contribution >= 4 is 11.8 Å². The summed E-state index contributed by atoms with van der Waals surface area (Å²) in [4.78, 5) is 22.7. The second-order valence-electron chi connectivity index (χ2n) is 4.54. The summed E-state index contributed by atoms with van der Waals surface area (Å²) in [6, 6.07) is 0. The minimum absolute atomic E-state index is 0.157. The third-order valence-electron chi connectivity index (χ3n) is 3.92. The van der Waals surface area contributed by atoms with E-state index in [9.17, 15) is 9.59 Å². The summed E-state index contributed by atoms with van der Waals surface area (Å²) in [5.74, 6) is -0.502. The molecule has 0 aliphatic heterocycles. The van der Waals surface area contributed by atoms with Gasteiger partial charge in [-0.3, -0.25) is 9.59 Å². The van der Waals surface area contributed by atoms with Crippen LogP contribution >= 0.6 is 0 Å². The third kappa shape index (κ3) is 1.26. The maximum atomic E-state index is 11.7. The lowest BCUT2D eigenvalue weighted by molar-refractivity contribution is -0.148. The first-order valence-corrected chi connectivity index (χ1v) is 5.40. The Hall–Kier alpha value is -0.860. The Morgan fingerprint density at radius 2 is 1.79 bits per heavy atom. The molecule has 0 unspecified atom stereocenters. The molecule has 3 heteroatoms. The van der Waals surface area contributed by atoms with E-state index < -0.39 is 5.97 Å². The van der Waals surface area contributed by atoms with Gasteiger partial charge in [0.25, 0.3) is 0 Å². The Morgan fingerprint density at radius 3 is 2.29 bits per heavy atom. The molecule has 0 radical (unpaired) electrons. The van der Waals surface area contributed by atoms with Crippen LogP contribution in [-0.4, -0.2) is 16.9 Å².